The Morgan fingerprint density at radius 1 is 1.28 bits per heavy atom. The van der Waals surface area contributed by atoms with Gasteiger partial charge in [0, 0.05) is 5.69 Å². The normalized spacial score (nSPS) is 15.3. The smallest absolute Gasteiger partial charge is 0.308 e. The van der Waals surface area contributed by atoms with Crippen LogP contribution < -0.4 is 10.6 Å². The third kappa shape index (κ3) is 2.82. The third-order valence-electron chi connectivity index (χ3n) is 2.31. The Labute approximate surface area is 102 Å². The van der Waals surface area contributed by atoms with Crippen LogP contribution in [-0.4, -0.2) is 35.8 Å². The first kappa shape index (κ1) is 12.0. The average molecular weight is 251 g/mol. The van der Waals surface area contributed by atoms with E-state index >= 15 is 0 Å². The molecular formula is C11H10FN3O3. The summed E-state index contributed by atoms with van der Waals surface area (Å²) in [7, 11) is 0. The Morgan fingerprint density at radius 2 is 1.94 bits per heavy atom. The van der Waals surface area contributed by atoms with E-state index in [4.69, 9.17) is 0 Å². The molecule has 0 bridgehead atoms. The van der Waals surface area contributed by atoms with Gasteiger partial charge in [-0.2, -0.15) is 0 Å². The molecule has 6 nitrogen and oxygen atoms in total. The fourth-order valence-corrected chi connectivity index (χ4v) is 1.55. The number of imide groups is 1. The second-order valence-electron chi connectivity index (χ2n) is 3.77. The number of piperazine rings is 1. The predicted molar refractivity (Wildman–Crippen MR) is 60.1 cm³/mol. The van der Waals surface area contributed by atoms with Gasteiger partial charge in [-0.25, -0.2) is 9.18 Å². The molecule has 18 heavy (non-hydrogen) atoms. The molecule has 0 atom stereocenters. The zero-order valence-electron chi connectivity index (χ0n) is 9.27. The number of halogens is 1. The van der Waals surface area contributed by atoms with E-state index < -0.39 is 23.7 Å². The van der Waals surface area contributed by atoms with Crippen molar-refractivity contribution in [3.05, 3.63) is 30.1 Å². The molecule has 94 valence electrons. The van der Waals surface area contributed by atoms with Crippen LogP contribution in [0.1, 0.15) is 0 Å². The Morgan fingerprint density at radius 3 is 2.56 bits per heavy atom. The van der Waals surface area contributed by atoms with Gasteiger partial charge in [0.1, 0.15) is 18.9 Å². The lowest BCUT2D eigenvalue weighted by Crippen LogP contribution is -2.54. The summed E-state index contributed by atoms with van der Waals surface area (Å²) >= 11 is 0. The molecule has 2 N–H and O–H groups in total. The van der Waals surface area contributed by atoms with Crippen molar-refractivity contribution < 1.29 is 18.8 Å². The summed E-state index contributed by atoms with van der Waals surface area (Å²) in [6, 6.07) is 4.71. The number of amides is 4. The number of nitrogens with one attached hydrogen (secondary N) is 2. The maximum absolute atomic E-state index is 12.9. The highest BCUT2D eigenvalue weighted by atomic mass is 19.1. The van der Waals surface area contributed by atoms with E-state index in [-0.39, 0.29) is 18.8 Å². The number of hydrogen-bond acceptors (Lipinski definition) is 3. The molecule has 1 fully saturated rings. The van der Waals surface area contributed by atoms with Gasteiger partial charge < -0.3 is 10.2 Å². The average Bonchev–Trinajstić information content (AvgIpc) is 2.27. The van der Waals surface area contributed by atoms with Gasteiger partial charge in [-0.15, -0.1) is 0 Å². The number of rotatable bonds is 1. The summed E-state index contributed by atoms with van der Waals surface area (Å²) in [5.74, 6) is -1.57. The number of anilines is 1. The molecular weight excluding hydrogens is 241 g/mol. The number of carbonyl (C=O) groups excluding carboxylic acids is 3. The van der Waals surface area contributed by atoms with Crippen molar-refractivity contribution in [1.82, 2.24) is 10.2 Å². The first-order valence-electron chi connectivity index (χ1n) is 5.19. The van der Waals surface area contributed by atoms with Crippen LogP contribution in [0.25, 0.3) is 0 Å². The fraction of sp³-hybridized carbons (Fsp3) is 0.182. The molecule has 0 spiro atoms. The highest BCUT2D eigenvalue weighted by Crippen LogP contribution is 2.10. The molecule has 0 unspecified atom stereocenters. The van der Waals surface area contributed by atoms with E-state index in [1.54, 1.807) is 0 Å². The predicted octanol–water partition coefficient (Wildman–Crippen LogP) is 0.316. The van der Waals surface area contributed by atoms with Crippen molar-refractivity contribution >= 4 is 23.5 Å². The summed E-state index contributed by atoms with van der Waals surface area (Å²) in [4.78, 5) is 34.9. The van der Waals surface area contributed by atoms with Crippen LogP contribution >= 0.6 is 0 Å². The fourth-order valence-electron chi connectivity index (χ4n) is 1.55. The maximum Gasteiger partial charge on any atom is 0.322 e. The Hall–Kier alpha value is -2.44. The SMILES string of the molecule is O=C1CN(C(=O)Nc2cccc(F)c2)CC(=O)N1. The van der Waals surface area contributed by atoms with Crippen LogP contribution in [0.4, 0.5) is 14.9 Å². The maximum atomic E-state index is 12.9. The van der Waals surface area contributed by atoms with Gasteiger partial charge in [-0.3, -0.25) is 14.9 Å². The lowest BCUT2D eigenvalue weighted by Gasteiger charge is -2.25. The summed E-state index contributed by atoms with van der Waals surface area (Å²) in [5.41, 5.74) is 0.262. The monoisotopic (exact) mass is 251 g/mol. The van der Waals surface area contributed by atoms with E-state index in [0.29, 0.717) is 0 Å². The van der Waals surface area contributed by atoms with Crippen molar-refractivity contribution in [2.24, 2.45) is 0 Å². The van der Waals surface area contributed by atoms with Crippen molar-refractivity contribution in [1.29, 1.82) is 0 Å². The second kappa shape index (κ2) is 4.82. The first-order valence-corrected chi connectivity index (χ1v) is 5.19. The van der Waals surface area contributed by atoms with Crippen LogP contribution in [0.3, 0.4) is 0 Å². The largest absolute Gasteiger partial charge is 0.322 e. The van der Waals surface area contributed by atoms with Crippen LogP contribution in [0.5, 0.6) is 0 Å². The minimum atomic E-state index is -0.621. The lowest BCUT2D eigenvalue weighted by molar-refractivity contribution is -0.134. The number of carbonyl (C=O) groups is 3. The molecule has 0 saturated carbocycles. The Kier molecular flexibility index (Phi) is 3.22. The Balaban J connectivity index is 2.03. The zero-order chi connectivity index (χ0) is 13.1. The van der Waals surface area contributed by atoms with Crippen LogP contribution in [-0.2, 0) is 9.59 Å². The topological polar surface area (TPSA) is 78.5 Å². The molecule has 1 aliphatic rings. The van der Waals surface area contributed by atoms with E-state index in [9.17, 15) is 18.8 Å². The van der Waals surface area contributed by atoms with Crippen LogP contribution in [0.15, 0.2) is 24.3 Å². The van der Waals surface area contributed by atoms with Gasteiger partial charge in [0.15, 0.2) is 0 Å². The molecule has 0 radical (unpaired) electrons. The number of nitrogens with zero attached hydrogens (tertiary/aromatic N) is 1. The van der Waals surface area contributed by atoms with Crippen LogP contribution in [0.2, 0.25) is 0 Å². The zero-order valence-corrected chi connectivity index (χ0v) is 9.27. The second-order valence-corrected chi connectivity index (χ2v) is 3.77. The first-order chi connectivity index (χ1) is 8.54. The minimum absolute atomic E-state index is 0.201. The molecule has 1 aliphatic heterocycles. The molecule has 4 amide bonds. The summed E-state index contributed by atoms with van der Waals surface area (Å²) in [5, 5.41) is 4.49. The highest BCUT2D eigenvalue weighted by molar-refractivity contribution is 6.04. The van der Waals surface area contributed by atoms with E-state index in [1.165, 1.54) is 18.2 Å². The standard InChI is InChI=1S/C11H10FN3O3/c12-7-2-1-3-8(4-7)13-11(18)15-5-9(16)14-10(17)6-15/h1-4H,5-6H2,(H,13,18)(H,14,16,17). The van der Waals surface area contributed by atoms with E-state index in [1.807, 2.05) is 0 Å². The molecule has 1 heterocycles. The van der Waals surface area contributed by atoms with Crippen molar-refractivity contribution in [3.8, 4) is 0 Å². The molecule has 7 heteroatoms. The molecule has 0 aliphatic carbocycles. The quantitative estimate of drug-likeness (QED) is 0.705. The third-order valence-corrected chi connectivity index (χ3v) is 2.31. The lowest BCUT2D eigenvalue weighted by atomic mass is 10.3. The van der Waals surface area contributed by atoms with Gasteiger partial charge in [-0.1, -0.05) is 6.07 Å². The molecule has 0 aromatic heterocycles. The van der Waals surface area contributed by atoms with Gasteiger partial charge in [-0.05, 0) is 18.2 Å². The van der Waals surface area contributed by atoms with Gasteiger partial charge in [0.2, 0.25) is 11.8 Å². The van der Waals surface area contributed by atoms with Crippen molar-refractivity contribution in [2.45, 2.75) is 0 Å². The number of benzene rings is 1. The van der Waals surface area contributed by atoms with Gasteiger partial charge in [0.05, 0.1) is 0 Å². The minimum Gasteiger partial charge on any atom is -0.308 e. The molecule has 1 aromatic rings. The van der Waals surface area contributed by atoms with Crippen molar-refractivity contribution in [2.75, 3.05) is 18.4 Å². The molecule has 1 aromatic carbocycles. The van der Waals surface area contributed by atoms with E-state index in [2.05, 4.69) is 10.6 Å². The Bertz CT molecular complexity index is 502. The summed E-state index contributed by atoms with van der Waals surface area (Å²) in [6.45, 7) is -0.403. The molecule has 2 rings (SSSR count). The summed E-state index contributed by atoms with van der Waals surface area (Å²) < 4.78 is 12.9. The van der Waals surface area contributed by atoms with Crippen LogP contribution in [0, 0.1) is 5.82 Å². The van der Waals surface area contributed by atoms with Gasteiger partial charge >= 0.3 is 6.03 Å². The van der Waals surface area contributed by atoms with Gasteiger partial charge in [0.25, 0.3) is 0 Å². The molecule has 1 saturated heterocycles. The highest BCUT2D eigenvalue weighted by Gasteiger charge is 2.26. The number of urea groups is 1. The number of hydrogen-bond donors (Lipinski definition) is 2. The van der Waals surface area contributed by atoms with E-state index in [0.717, 1.165) is 11.0 Å². The summed E-state index contributed by atoms with van der Waals surface area (Å²) in [6.07, 6.45) is 0. The van der Waals surface area contributed by atoms with Crippen molar-refractivity contribution in [3.63, 3.8) is 0 Å².